The summed E-state index contributed by atoms with van der Waals surface area (Å²) in [6.07, 6.45) is 7.11. The van der Waals surface area contributed by atoms with Gasteiger partial charge in [-0.15, -0.1) is 0 Å². The molecular weight excluding hydrogens is 174 g/mol. The molecule has 0 spiro atoms. The Labute approximate surface area is 84.5 Å². The minimum absolute atomic E-state index is 0.0341. The van der Waals surface area contributed by atoms with Gasteiger partial charge in [0, 0.05) is 5.56 Å². The van der Waals surface area contributed by atoms with Crippen LogP contribution in [0.15, 0.2) is 16.7 Å². The summed E-state index contributed by atoms with van der Waals surface area (Å²) in [6.45, 7) is 2.02. The van der Waals surface area contributed by atoms with Crippen LogP contribution in [-0.2, 0) is 5.54 Å². The van der Waals surface area contributed by atoms with Crippen molar-refractivity contribution in [1.29, 1.82) is 0 Å². The fourth-order valence-corrected chi connectivity index (χ4v) is 3.41. The Kier molecular flexibility index (Phi) is 1.61. The van der Waals surface area contributed by atoms with Crippen molar-refractivity contribution in [3.63, 3.8) is 0 Å². The molecule has 2 N–H and O–H groups in total. The quantitative estimate of drug-likeness (QED) is 0.741. The molecule has 2 aliphatic carbocycles. The first-order valence-electron chi connectivity index (χ1n) is 5.58. The van der Waals surface area contributed by atoms with Crippen LogP contribution in [0.5, 0.6) is 0 Å². The van der Waals surface area contributed by atoms with Crippen LogP contribution in [0, 0.1) is 18.8 Å². The topological polar surface area (TPSA) is 39.2 Å². The third-order valence-electron chi connectivity index (χ3n) is 4.21. The van der Waals surface area contributed by atoms with E-state index in [0.29, 0.717) is 0 Å². The van der Waals surface area contributed by atoms with Crippen LogP contribution in [0.2, 0.25) is 0 Å². The third kappa shape index (κ3) is 0.897. The van der Waals surface area contributed by atoms with Gasteiger partial charge in [-0.25, -0.2) is 0 Å². The Morgan fingerprint density at radius 3 is 2.50 bits per heavy atom. The predicted octanol–water partition coefficient (Wildman–Crippen LogP) is 2.56. The molecule has 0 aromatic carbocycles. The van der Waals surface area contributed by atoms with Gasteiger partial charge in [0.25, 0.3) is 0 Å². The smallest absolute Gasteiger partial charge is 0.105 e. The first kappa shape index (κ1) is 8.54. The van der Waals surface area contributed by atoms with E-state index in [0.717, 1.165) is 17.6 Å². The van der Waals surface area contributed by atoms with Crippen molar-refractivity contribution in [1.82, 2.24) is 0 Å². The zero-order valence-corrected chi connectivity index (χ0v) is 8.62. The van der Waals surface area contributed by atoms with E-state index in [1.165, 1.54) is 31.2 Å². The Morgan fingerprint density at radius 2 is 2.00 bits per heavy atom. The molecule has 14 heavy (non-hydrogen) atoms. The lowest BCUT2D eigenvalue weighted by atomic mass is 10.0. The van der Waals surface area contributed by atoms with Gasteiger partial charge in [0.2, 0.25) is 0 Å². The zero-order valence-electron chi connectivity index (χ0n) is 8.62. The Bertz CT molecular complexity index is 343. The summed E-state index contributed by atoms with van der Waals surface area (Å²) < 4.78 is 5.36. The lowest BCUT2D eigenvalue weighted by Gasteiger charge is -2.09. The third-order valence-corrected chi connectivity index (χ3v) is 4.21. The molecule has 3 rings (SSSR count). The van der Waals surface area contributed by atoms with Crippen LogP contribution < -0.4 is 5.73 Å². The van der Waals surface area contributed by atoms with E-state index in [4.69, 9.17) is 10.2 Å². The number of aryl methyl sites for hydroxylation is 1. The highest BCUT2D eigenvalue weighted by Gasteiger charge is 2.63. The largest absolute Gasteiger partial charge is 0.469 e. The fraction of sp³-hybridized carbons (Fsp3) is 0.667. The Hall–Kier alpha value is -0.760. The molecule has 76 valence electrons. The van der Waals surface area contributed by atoms with Gasteiger partial charge in [0.15, 0.2) is 0 Å². The number of furan rings is 1. The molecule has 2 unspecified atom stereocenters. The van der Waals surface area contributed by atoms with Gasteiger partial charge in [0.1, 0.15) is 5.76 Å². The molecule has 2 atom stereocenters. The van der Waals surface area contributed by atoms with E-state index in [1.807, 2.05) is 6.92 Å². The van der Waals surface area contributed by atoms with Crippen LogP contribution in [-0.4, -0.2) is 0 Å². The molecule has 1 heterocycles. The van der Waals surface area contributed by atoms with Gasteiger partial charge in [-0.1, -0.05) is 12.8 Å². The van der Waals surface area contributed by atoms with Crippen molar-refractivity contribution in [2.45, 2.75) is 38.1 Å². The van der Waals surface area contributed by atoms with Crippen LogP contribution in [0.1, 0.15) is 37.0 Å². The summed E-state index contributed by atoms with van der Waals surface area (Å²) in [5, 5.41) is 0. The van der Waals surface area contributed by atoms with Crippen molar-refractivity contribution in [3.8, 4) is 0 Å². The minimum Gasteiger partial charge on any atom is -0.469 e. The average molecular weight is 191 g/mol. The predicted molar refractivity (Wildman–Crippen MR) is 54.8 cm³/mol. The van der Waals surface area contributed by atoms with Gasteiger partial charge in [-0.3, -0.25) is 0 Å². The van der Waals surface area contributed by atoms with Gasteiger partial charge in [-0.05, 0) is 37.7 Å². The van der Waals surface area contributed by atoms with Crippen molar-refractivity contribution in [2.75, 3.05) is 0 Å². The second-order valence-corrected chi connectivity index (χ2v) is 4.82. The first-order chi connectivity index (χ1) is 6.74. The summed E-state index contributed by atoms with van der Waals surface area (Å²) in [5.41, 5.74) is 7.73. The minimum atomic E-state index is -0.0341. The van der Waals surface area contributed by atoms with Crippen LogP contribution in [0.25, 0.3) is 0 Å². The molecule has 2 saturated carbocycles. The highest BCUT2D eigenvalue weighted by atomic mass is 16.3. The molecule has 2 aliphatic rings. The molecule has 0 radical (unpaired) electrons. The summed E-state index contributed by atoms with van der Waals surface area (Å²) in [5.74, 6) is 2.47. The number of fused-ring (bicyclic) bond motifs is 1. The molecule has 2 nitrogen and oxygen atoms in total. The van der Waals surface area contributed by atoms with E-state index in [-0.39, 0.29) is 5.54 Å². The molecule has 1 aromatic heterocycles. The Morgan fingerprint density at radius 1 is 1.36 bits per heavy atom. The van der Waals surface area contributed by atoms with E-state index in [1.54, 1.807) is 6.26 Å². The molecule has 0 amide bonds. The molecular formula is C12H17NO. The standard InChI is InChI=1S/C12H17NO/c1-8-9(6-7-14-8)12(13)10-4-2-3-5-11(10)12/h6-7,10-11H,2-5,13H2,1H3. The summed E-state index contributed by atoms with van der Waals surface area (Å²) in [4.78, 5) is 0. The molecule has 1 aromatic rings. The highest BCUT2D eigenvalue weighted by Crippen LogP contribution is 2.63. The SMILES string of the molecule is Cc1occc1C1(N)C2CCCCC21. The Balaban J connectivity index is 1.96. The van der Waals surface area contributed by atoms with Gasteiger partial charge in [-0.2, -0.15) is 0 Å². The maximum atomic E-state index is 6.50. The lowest BCUT2D eigenvalue weighted by Crippen LogP contribution is -2.24. The average Bonchev–Trinajstić information content (AvgIpc) is 2.57. The van der Waals surface area contributed by atoms with Crippen molar-refractivity contribution >= 4 is 0 Å². The van der Waals surface area contributed by atoms with Gasteiger partial charge >= 0.3 is 0 Å². The molecule has 2 fully saturated rings. The van der Waals surface area contributed by atoms with Crippen molar-refractivity contribution < 1.29 is 4.42 Å². The molecule has 0 bridgehead atoms. The monoisotopic (exact) mass is 191 g/mol. The van der Waals surface area contributed by atoms with E-state index in [2.05, 4.69) is 6.07 Å². The maximum Gasteiger partial charge on any atom is 0.105 e. The number of nitrogens with two attached hydrogens (primary N) is 1. The molecule has 0 saturated heterocycles. The normalized spacial score (nSPS) is 40.7. The van der Waals surface area contributed by atoms with Crippen LogP contribution >= 0.6 is 0 Å². The summed E-state index contributed by atoms with van der Waals surface area (Å²) >= 11 is 0. The second-order valence-electron chi connectivity index (χ2n) is 4.82. The van der Waals surface area contributed by atoms with Crippen molar-refractivity contribution in [2.24, 2.45) is 17.6 Å². The molecule has 2 heteroatoms. The summed E-state index contributed by atoms with van der Waals surface area (Å²) in [6, 6.07) is 2.06. The van der Waals surface area contributed by atoms with Gasteiger partial charge in [0.05, 0.1) is 11.8 Å². The van der Waals surface area contributed by atoms with Crippen LogP contribution in [0.3, 0.4) is 0 Å². The second kappa shape index (κ2) is 2.63. The fourth-order valence-electron chi connectivity index (χ4n) is 3.41. The van der Waals surface area contributed by atoms with Crippen molar-refractivity contribution in [3.05, 3.63) is 23.7 Å². The van der Waals surface area contributed by atoms with E-state index >= 15 is 0 Å². The molecule has 0 aliphatic heterocycles. The zero-order chi connectivity index (χ0) is 9.76. The van der Waals surface area contributed by atoms with Gasteiger partial charge < -0.3 is 10.2 Å². The lowest BCUT2D eigenvalue weighted by molar-refractivity contribution is 0.480. The number of hydrogen-bond acceptors (Lipinski definition) is 2. The summed E-state index contributed by atoms with van der Waals surface area (Å²) in [7, 11) is 0. The van der Waals surface area contributed by atoms with Crippen LogP contribution in [0.4, 0.5) is 0 Å². The number of rotatable bonds is 1. The maximum absolute atomic E-state index is 6.50. The number of hydrogen-bond donors (Lipinski definition) is 1. The van der Waals surface area contributed by atoms with E-state index < -0.39 is 0 Å². The highest BCUT2D eigenvalue weighted by molar-refractivity contribution is 5.36. The first-order valence-corrected chi connectivity index (χ1v) is 5.58. The van der Waals surface area contributed by atoms with E-state index in [9.17, 15) is 0 Å².